The number of aliphatic hydroxyl groups is 1. The van der Waals surface area contributed by atoms with E-state index in [1.54, 1.807) is 0 Å². The fourth-order valence-corrected chi connectivity index (χ4v) is 3.94. The second-order valence-electron chi connectivity index (χ2n) is 7.39. The first-order valence-corrected chi connectivity index (χ1v) is 9.54. The first-order chi connectivity index (χ1) is 12.5. The Bertz CT molecular complexity index is 620. The normalized spacial score (nSPS) is 20.2. The van der Waals surface area contributed by atoms with Crippen LogP contribution in [0.25, 0.3) is 0 Å². The smallest absolute Gasteiger partial charge is 0.225 e. The quantitative estimate of drug-likeness (QED) is 0.845. The second-order valence-corrected chi connectivity index (χ2v) is 7.39. The van der Waals surface area contributed by atoms with Crippen LogP contribution in [-0.2, 0) is 9.59 Å². The maximum absolute atomic E-state index is 12.9. The number of likely N-dealkylation sites (tertiary alicyclic amines) is 1. The minimum atomic E-state index is -0.858. The highest BCUT2D eigenvalue weighted by molar-refractivity contribution is 5.81. The van der Waals surface area contributed by atoms with Crippen LogP contribution in [0.15, 0.2) is 24.3 Å². The lowest BCUT2D eigenvalue weighted by atomic mass is 9.94. The number of piperidine rings is 1. The molecule has 0 radical (unpaired) electrons. The number of nitrogens with zero attached hydrogens (tertiary/aromatic N) is 1. The molecule has 2 amide bonds. The third kappa shape index (κ3) is 4.61. The Kier molecular flexibility index (Phi) is 6.25. The molecule has 2 N–H and O–H groups in total. The van der Waals surface area contributed by atoms with Crippen LogP contribution in [-0.4, -0.2) is 41.5 Å². The van der Waals surface area contributed by atoms with Crippen LogP contribution >= 0.6 is 0 Å². The number of nitrogens with one attached hydrogen (secondary N) is 1. The van der Waals surface area contributed by atoms with Crippen molar-refractivity contribution in [3.8, 4) is 0 Å². The number of carbonyl (C=O) groups excluding carboxylic acids is 2. The SMILES string of the molecule is O=C(NCC(O)c1ccc(F)cc1)C1CCN(C(=O)C2CCCC2)CC1. The van der Waals surface area contributed by atoms with E-state index >= 15 is 0 Å². The van der Waals surface area contributed by atoms with Gasteiger partial charge in [0, 0.05) is 31.5 Å². The molecule has 1 aliphatic carbocycles. The number of halogens is 1. The monoisotopic (exact) mass is 362 g/mol. The first-order valence-electron chi connectivity index (χ1n) is 9.54. The molecule has 1 aromatic carbocycles. The summed E-state index contributed by atoms with van der Waals surface area (Å²) in [5, 5.41) is 12.9. The van der Waals surface area contributed by atoms with Crippen LogP contribution in [0.3, 0.4) is 0 Å². The summed E-state index contributed by atoms with van der Waals surface area (Å²) in [7, 11) is 0. The van der Waals surface area contributed by atoms with Gasteiger partial charge in [-0.05, 0) is 43.4 Å². The van der Waals surface area contributed by atoms with Gasteiger partial charge in [0.05, 0.1) is 6.10 Å². The van der Waals surface area contributed by atoms with E-state index in [1.807, 2.05) is 4.90 Å². The van der Waals surface area contributed by atoms with Crippen LogP contribution in [0.4, 0.5) is 4.39 Å². The maximum atomic E-state index is 12.9. The Morgan fingerprint density at radius 3 is 2.31 bits per heavy atom. The number of hydrogen-bond acceptors (Lipinski definition) is 3. The van der Waals surface area contributed by atoms with E-state index in [9.17, 15) is 19.1 Å². The van der Waals surface area contributed by atoms with Crippen molar-refractivity contribution < 1.29 is 19.1 Å². The zero-order valence-electron chi connectivity index (χ0n) is 15.0. The molecule has 0 spiro atoms. The molecule has 142 valence electrons. The lowest BCUT2D eigenvalue weighted by Gasteiger charge is -2.33. The van der Waals surface area contributed by atoms with E-state index in [2.05, 4.69) is 5.32 Å². The van der Waals surface area contributed by atoms with Crippen LogP contribution in [0.1, 0.15) is 50.2 Å². The van der Waals surface area contributed by atoms with Gasteiger partial charge in [-0.15, -0.1) is 0 Å². The van der Waals surface area contributed by atoms with E-state index < -0.39 is 6.10 Å². The summed E-state index contributed by atoms with van der Waals surface area (Å²) in [6, 6.07) is 5.60. The van der Waals surface area contributed by atoms with E-state index in [1.165, 1.54) is 24.3 Å². The summed E-state index contributed by atoms with van der Waals surface area (Å²) in [6.07, 6.45) is 4.76. The fourth-order valence-electron chi connectivity index (χ4n) is 3.94. The molecule has 26 heavy (non-hydrogen) atoms. The van der Waals surface area contributed by atoms with Gasteiger partial charge in [-0.3, -0.25) is 9.59 Å². The van der Waals surface area contributed by atoms with Gasteiger partial charge >= 0.3 is 0 Å². The van der Waals surface area contributed by atoms with Gasteiger partial charge in [0.2, 0.25) is 11.8 Å². The molecule has 2 fully saturated rings. The number of rotatable bonds is 5. The van der Waals surface area contributed by atoms with Gasteiger partial charge < -0.3 is 15.3 Å². The van der Waals surface area contributed by atoms with E-state index in [0.717, 1.165) is 25.7 Å². The molecule has 1 saturated carbocycles. The largest absolute Gasteiger partial charge is 0.387 e. The highest BCUT2D eigenvalue weighted by Crippen LogP contribution is 2.28. The lowest BCUT2D eigenvalue weighted by molar-refractivity contribution is -0.139. The minimum Gasteiger partial charge on any atom is -0.387 e. The number of hydrogen-bond donors (Lipinski definition) is 2. The Labute approximate surface area is 153 Å². The van der Waals surface area contributed by atoms with Crippen molar-refractivity contribution in [3.05, 3.63) is 35.6 Å². The van der Waals surface area contributed by atoms with Crippen molar-refractivity contribution in [1.29, 1.82) is 0 Å². The van der Waals surface area contributed by atoms with Crippen molar-refractivity contribution in [3.63, 3.8) is 0 Å². The summed E-state index contributed by atoms with van der Waals surface area (Å²) in [4.78, 5) is 26.7. The summed E-state index contributed by atoms with van der Waals surface area (Å²) in [5.74, 6) is -0.120. The molecule has 6 heteroatoms. The fraction of sp³-hybridized carbons (Fsp3) is 0.600. The van der Waals surface area contributed by atoms with E-state index in [4.69, 9.17) is 0 Å². The van der Waals surface area contributed by atoms with Gasteiger partial charge in [0.1, 0.15) is 5.82 Å². The van der Waals surface area contributed by atoms with Crippen molar-refractivity contribution in [1.82, 2.24) is 10.2 Å². The summed E-state index contributed by atoms with van der Waals surface area (Å²) in [6.45, 7) is 1.37. The molecular weight excluding hydrogens is 335 g/mol. The van der Waals surface area contributed by atoms with Crippen LogP contribution in [0.5, 0.6) is 0 Å². The molecule has 1 heterocycles. The van der Waals surface area contributed by atoms with Gasteiger partial charge in [0.25, 0.3) is 0 Å². The highest BCUT2D eigenvalue weighted by atomic mass is 19.1. The summed E-state index contributed by atoms with van der Waals surface area (Å²) in [5.41, 5.74) is 0.573. The molecular formula is C20H27FN2O3. The van der Waals surface area contributed by atoms with Crippen molar-refractivity contribution in [2.75, 3.05) is 19.6 Å². The van der Waals surface area contributed by atoms with Crippen molar-refractivity contribution >= 4 is 11.8 Å². The Morgan fingerprint density at radius 1 is 1.08 bits per heavy atom. The molecule has 0 aromatic heterocycles. The van der Waals surface area contributed by atoms with Crippen molar-refractivity contribution in [2.24, 2.45) is 11.8 Å². The molecule has 1 saturated heterocycles. The minimum absolute atomic E-state index is 0.0841. The number of carbonyl (C=O) groups is 2. The molecule has 2 aliphatic rings. The molecule has 1 aromatic rings. The zero-order valence-corrected chi connectivity index (χ0v) is 15.0. The highest BCUT2D eigenvalue weighted by Gasteiger charge is 2.32. The number of aliphatic hydroxyl groups excluding tert-OH is 1. The predicted molar refractivity (Wildman–Crippen MR) is 95.6 cm³/mol. The number of amides is 2. The van der Waals surface area contributed by atoms with Crippen LogP contribution < -0.4 is 5.32 Å². The summed E-state index contributed by atoms with van der Waals surface area (Å²) >= 11 is 0. The topological polar surface area (TPSA) is 69.6 Å². The third-order valence-corrected chi connectivity index (χ3v) is 5.61. The second kappa shape index (κ2) is 8.62. The molecule has 3 rings (SSSR count). The molecule has 1 unspecified atom stereocenters. The lowest BCUT2D eigenvalue weighted by Crippen LogP contribution is -2.45. The predicted octanol–water partition coefficient (Wildman–Crippen LogP) is 2.40. The van der Waals surface area contributed by atoms with Crippen molar-refractivity contribution in [2.45, 2.75) is 44.6 Å². The molecule has 1 atom stereocenters. The molecule has 0 bridgehead atoms. The average molecular weight is 362 g/mol. The standard InChI is InChI=1S/C20H27FN2O3/c21-17-7-5-14(6-8-17)18(24)13-22-19(25)15-9-11-23(12-10-15)20(26)16-3-1-2-4-16/h5-8,15-16,18,24H,1-4,9-13H2,(H,22,25). The summed E-state index contributed by atoms with van der Waals surface area (Å²) < 4.78 is 12.9. The average Bonchev–Trinajstić information content (AvgIpc) is 3.20. The Hall–Kier alpha value is -1.95. The van der Waals surface area contributed by atoms with Gasteiger partial charge in [-0.1, -0.05) is 25.0 Å². The third-order valence-electron chi connectivity index (χ3n) is 5.61. The van der Waals surface area contributed by atoms with Gasteiger partial charge in [-0.25, -0.2) is 4.39 Å². The van der Waals surface area contributed by atoms with Gasteiger partial charge in [-0.2, -0.15) is 0 Å². The van der Waals surface area contributed by atoms with Crippen LogP contribution in [0, 0.1) is 17.7 Å². The Balaban J connectivity index is 1.42. The molecule has 5 nitrogen and oxygen atoms in total. The zero-order chi connectivity index (χ0) is 18.5. The molecule has 1 aliphatic heterocycles. The van der Waals surface area contributed by atoms with Crippen LogP contribution in [0.2, 0.25) is 0 Å². The maximum Gasteiger partial charge on any atom is 0.225 e. The van der Waals surface area contributed by atoms with Gasteiger partial charge in [0.15, 0.2) is 0 Å². The first kappa shape index (κ1) is 18.8. The Morgan fingerprint density at radius 2 is 1.69 bits per heavy atom. The van der Waals surface area contributed by atoms with E-state index in [0.29, 0.717) is 31.5 Å². The van der Waals surface area contributed by atoms with E-state index in [-0.39, 0.29) is 36.0 Å². The number of benzene rings is 1.